The molecule has 0 bridgehead atoms. The van der Waals surface area contributed by atoms with Gasteiger partial charge in [0.2, 0.25) is 0 Å². The molecule has 1 aromatic heterocycles. The zero-order valence-electron chi connectivity index (χ0n) is 23.1. The van der Waals surface area contributed by atoms with Crippen LogP contribution < -0.4 is 15.0 Å². The largest absolute Gasteiger partial charge is 0.496 e. The van der Waals surface area contributed by atoms with Crippen molar-refractivity contribution in [3.63, 3.8) is 0 Å². The normalized spacial score (nSPS) is 11.5. The minimum Gasteiger partial charge on any atom is -0.496 e. The van der Waals surface area contributed by atoms with E-state index in [2.05, 4.69) is 18.9 Å². The zero-order chi connectivity index (χ0) is 28.1. The third-order valence-corrected chi connectivity index (χ3v) is 6.12. The van der Waals surface area contributed by atoms with Crippen molar-refractivity contribution in [2.75, 3.05) is 13.7 Å². The van der Waals surface area contributed by atoms with Gasteiger partial charge in [0.05, 0.1) is 30.3 Å². The number of hydrogen-bond donors (Lipinski definition) is 0. The van der Waals surface area contributed by atoms with Gasteiger partial charge in [-0.1, -0.05) is 26.0 Å². The van der Waals surface area contributed by atoms with Gasteiger partial charge in [0.25, 0.3) is 5.56 Å². The first-order chi connectivity index (χ1) is 18.7. The van der Waals surface area contributed by atoms with Crippen molar-refractivity contribution in [1.29, 1.82) is 0 Å². The molecule has 0 saturated carbocycles. The molecule has 0 aliphatic carbocycles. The highest BCUT2D eigenvalue weighted by molar-refractivity contribution is 5.82. The number of nitrogens with zero attached hydrogens (tertiary/aromatic N) is 3. The first-order valence-electron chi connectivity index (χ1n) is 12.8. The third-order valence-electron chi connectivity index (χ3n) is 6.12. The Morgan fingerprint density at radius 1 is 1.05 bits per heavy atom. The molecule has 3 aromatic carbocycles. The average Bonchev–Trinajstić information content (AvgIpc) is 2.91. The lowest BCUT2D eigenvalue weighted by atomic mass is 9.96. The molecular weight excluding hydrogens is 494 g/mol. The van der Waals surface area contributed by atoms with E-state index >= 15 is 0 Å². The van der Waals surface area contributed by atoms with Crippen LogP contribution in [-0.4, -0.2) is 41.7 Å². The molecule has 0 aliphatic rings. The van der Waals surface area contributed by atoms with Gasteiger partial charge in [0.1, 0.15) is 11.5 Å². The third kappa shape index (κ3) is 6.34. The molecule has 0 N–H and O–H groups in total. The van der Waals surface area contributed by atoms with E-state index in [0.717, 1.165) is 28.0 Å². The minimum atomic E-state index is -0.430. The first-order valence-corrected chi connectivity index (χ1v) is 12.8. The fourth-order valence-corrected chi connectivity index (χ4v) is 4.19. The molecule has 202 valence electrons. The molecule has 0 atom stereocenters. The van der Waals surface area contributed by atoms with Crippen LogP contribution in [0, 0.1) is 6.92 Å². The number of aryl methyl sites for hydroxylation is 1. The Morgan fingerprint density at radius 3 is 2.44 bits per heavy atom. The lowest BCUT2D eigenvalue weighted by Crippen LogP contribution is -2.20. The van der Waals surface area contributed by atoms with Gasteiger partial charge in [-0.2, -0.15) is 9.78 Å². The summed E-state index contributed by atoms with van der Waals surface area (Å²) in [6.07, 6.45) is 1.40. The second-order valence-electron chi connectivity index (χ2n) is 9.77. The Balaban J connectivity index is 1.73. The van der Waals surface area contributed by atoms with Crippen LogP contribution in [-0.2, 0) is 9.53 Å². The molecule has 0 saturated heterocycles. The van der Waals surface area contributed by atoms with Crippen LogP contribution in [0.1, 0.15) is 50.3 Å². The topological polar surface area (TPSA) is 92.0 Å². The van der Waals surface area contributed by atoms with Crippen molar-refractivity contribution in [2.24, 2.45) is 5.10 Å². The molecule has 8 heteroatoms. The van der Waals surface area contributed by atoms with Gasteiger partial charge in [-0.25, -0.2) is 9.78 Å². The second kappa shape index (κ2) is 11.9. The van der Waals surface area contributed by atoms with Crippen molar-refractivity contribution >= 4 is 23.1 Å². The highest BCUT2D eigenvalue weighted by Crippen LogP contribution is 2.34. The van der Waals surface area contributed by atoms with Crippen LogP contribution in [0.5, 0.6) is 11.5 Å². The standard InChI is InChI=1S/C31H33N3O5/c1-19(2)25-16-26(21(5)15-28(25)37-6)30-33-27-10-8-7-9-24(27)31(36)34(30)32-17-22-11-13-23(14-12-22)38-18-29(35)39-20(3)4/h7-17,19-20H,18H2,1-6H3. The molecule has 39 heavy (non-hydrogen) atoms. The molecule has 0 amide bonds. The van der Waals surface area contributed by atoms with Crippen LogP contribution in [0.15, 0.2) is 70.6 Å². The predicted octanol–water partition coefficient (Wildman–Crippen LogP) is 5.72. The van der Waals surface area contributed by atoms with Gasteiger partial charge < -0.3 is 14.2 Å². The van der Waals surface area contributed by atoms with E-state index in [1.165, 1.54) is 4.68 Å². The van der Waals surface area contributed by atoms with Gasteiger partial charge in [0, 0.05) is 5.56 Å². The monoisotopic (exact) mass is 527 g/mol. The Labute approximate surface area is 227 Å². The van der Waals surface area contributed by atoms with E-state index in [4.69, 9.17) is 19.2 Å². The summed E-state index contributed by atoms with van der Waals surface area (Å²) in [5.41, 5.74) is 3.81. The Kier molecular flexibility index (Phi) is 8.44. The maximum atomic E-state index is 13.6. The maximum absolute atomic E-state index is 13.6. The van der Waals surface area contributed by atoms with Crippen LogP contribution in [0.3, 0.4) is 0 Å². The summed E-state index contributed by atoms with van der Waals surface area (Å²) >= 11 is 0. The predicted molar refractivity (Wildman–Crippen MR) is 153 cm³/mol. The fourth-order valence-electron chi connectivity index (χ4n) is 4.19. The lowest BCUT2D eigenvalue weighted by molar-refractivity contribution is -0.149. The second-order valence-corrected chi connectivity index (χ2v) is 9.77. The zero-order valence-corrected chi connectivity index (χ0v) is 23.1. The molecular formula is C31H33N3O5. The van der Waals surface area contributed by atoms with Gasteiger partial charge in [-0.05, 0) is 91.9 Å². The van der Waals surface area contributed by atoms with E-state index in [1.54, 1.807) is 57.5 Å². The van der Waals surface area contributed by atoms with Crippen molar-refractivity contribution in [3.05, 3.63) is 87.7 Å². The summed E-state index contributed by atoms with van der Waals surface area (Å²) in [6.45, 7) is 9.55. The molecule has 4 rings (SSSR count). The number of ether oxygens (including phenoxy) is 3. The van der Waals surface area contributed by atoms with E-state index in [1.807, 2.05) is 37.3 Å². The average molecular weight is 528 g/mol. The molecule has 8 nitrogen and oxygen atoms in total. The number of hydrogen-bond acceptors (Lipinski definition) is 7. The number of rotatable bonds is 9. The molecule has 1 heterocycles. The fraction of sp³-hybridized carbons (Fsp3) is 0.290. The van der Waals surface area contributed by atoms with Crippen molar-refractivity contribution in [3.8, 4) is 22.9 Å². The quantitative estimate of drug-likeness (QED) is 0.204. The summed E-state index contributed by atoms with van der Waals surface area (Å²) in [7, 11) is 1.66. The van der Waals surface area contributed by atoms with E-state index in [-0.39, 0.29) is 24.2 Å². The SMILES string of the molecule is COc1cc(C)c(-c2nc3ccccc3c(=O)n2N=Cc2ccc(OCC(=O)OC(C)C)cc2)cc1C(C)C. The molecule has 0 aliphatic heterocycles. The number of carbonyl (C=O) groups excluding carboxylic acids is 1. The van der Waals surface area contributed by atoms with E-state index in [0.29, 0.717) is 22.5 Å². The van der Waals surface area contributed by atoms with Gasteiger partial charge in [-0.15, -0.1) is 0 Å². The van der Waals surface area contributed by atoms with Crippen molar-refractivity contribution in [2.45, 2.75) is 46.6 Å². The number of methoxy groups -OCH3 is 1. The Bertz CT molecular complexity index is 1570. The van der Waals surface area contributed by atoms with Crippen LogP contribution in [0.2, 0.25) is 0 Å². The van der Waals surface area contributed by atoms with E-state index in [9.17, 15) is 9.59 Å². The Morgan fingerprint density at radius 2 is 1.77 bits per heavy atom. The maximum Gasteiger partial charge on any atom is 0.344 e. The molecule has 0 unspecified atom stereocenters. The van der Waals surface area contributed by atoms with Crippen LogP contribution in [0.4, 0.5) is 0 Å². The number of benzene rings is 3. The number of fused-ring (bicyclic) bond motifs is 1. The molecule has 0 radical (unpaired) electrons. The number of esters is 1. The lowest BCUT2D eigenvalue weighted by Gasteiger charge is -2.17. The molecule has 4 aromatic rings. The van der Waals surface area contributed by atoms with Crippen molar-refractivity contribution in [1.82, 2.24) is 9.66 Å². The van der Waals surface area contributed by atoms with Crippen molar-refractivity contribution < 1.29 is 19.0 Å². The van der Waals surface area contributed by atoms with Gasteiger partial charge in [-0.3, -0.25) is 4.79 Å². The first kappa shape index (κ1) is 27.6. The highest BCUT2D eigenvalue weighted by Gasteiger charge is 2.18. The molecule has 0 spiro atoms. The smallest absolute Gasteiger partial charge is 0.344 e. The van der Waals surface area contributed by atoms with E-state index < -0.39 is 5.97 Å². The molecule has 0 fully saturated rings. The Hall–Kier alpha value is -4.46. The van der Waals surface area contributed by atoms with Crippen LogP contribution in [0.25, 0.3) is 22.3 Å². The number of para-hydroxylation sites is 1. The summed E-state index contributed by atoms with van der Waals surface area (Å²) in [5, 5.41) is 5.05. The summed E-state index contributed by atoms with van der Waals surface area (Å²) in [6, 6.07) is 18.3. The van der Waals surface area contributed by atoms with Gasteiger partial charge in [0.15, 0.2) is 12.4 Å². The number of aromatic nitrogens is 2. The highest BCUT2D eigenvalue weighted by atomic mass is 16.6. The minimum absolute atomic E-state index is 0.174. The summed E-state index contributed by atoms with van der Waals surface area (Å²) in [4.78, 5) is 30.2. The van der Waals surface area contributed by atoms with Gasteiger partial charge >= 0.3 is 5.97 Å². The number of carbonyl (C=O) groups is 1. The summed E-state index contributed by atoms with van der Waals surface area (Å²) in [5.74, 6) is 1.54. The van der Waals surface area contributed by atoms with Crippen LogP contribution >= 0.6 is 0 Å². The summed E-state index contributed by atoms with van der Waals surface area (Å²) < 4.78 is 17.5.